The third-order valence-corrected chi connectivity index (χ3v) is 2.51. The molecule has 90 valence electrons. The van der Waals surface area contributed by atoms with Gasteiger partial charge in [0, 0.05) is 0 Å². The molecule has 15 heavy (non-hydrogen) atoms. The summed E-state index contributed by atoms with van der Waals surface area (Å²) in [6.45, 7) is 2.23. The summed E-state index contributed by atoms with van der Waals surface area (Å²) in [5.41, 5.74) is 0. The Labute approximate surface area is 88.5 Å². The molecule has 0 spiro atoms. The van der Waals surface area contributed by atoms with Crippen LogP contribution in [0.25, 0.3) is 0 Å². The fourth-order valence-corrected chi connectivity index (χ4v) is 1.61. The van der Waals surface area contributed by atoms with Gasteiger partial charge >= 0.3 is 0 Å². The van der Waals surface area contributed by atoms with Gasteiger partial charge in [-0.3, -0.25) is 0 Å². The van der Waals surface area contributed by atoms with Crippen LogP contribution in [0.4, 0.5) is 0 Å². The first-order chi connectivity index (χ1) is 7.05. The number of nitrogens with one attached hydrogen (secondary N) is 1. The van der Waals surface area contributed by atoms with Crippen molar-refractivity contribution in [3.63, 3.8) is 0 Å². The Balaban J connectivity index is 2.53. The van der Waals surface area contributed by atoms with Gasteiger partial charge in [-0.15, -0.1) is 0 Å². The minimum atomic E-state index is -1.82. The Hall–Kier alpha value is -0.240. The van der Waals surface area contributed by atoms with Gasteiger partial charge in [0.1, 0.15) is 18.3 Å². The summed E-state index contributed by atoms with van der Waals surface area (Å²) in [5, 5.41) is 40.5. The van der Waals surface area contributed by atoms with Crippen LogP contribution >= 0.6 is 0 Å². The van der Waals surface area contributed by atoms with E-state index in [4.69, 9.17) is 9.84 Å². The van der Waals surface area contributed by atoms with Gasteiger partial charge in [-0.05, 0) is 13.0 Å². The van der Waals surface area contributed by atoms with Gasteiger partial charge in [0.05, 0.1) is 13.2 Å². The molecular formula is C9H19NO5. The lowest BCUT2D eigenvalue weighted by Gasteiger charge is -2.26. The maximum atomic E-state index is 9.85. The Kier molecular flexibility index (Phi) is 4.45. The van der Waals surface area contributed by atoms with Gasteiger partial charge in [0.25, 0.3) is 0 Å². The largest absolute Gasteiger partial charge is 0.394 e. The molecule has 0 bridgehead atoms. The van der Waals surface area contributed by atoms with Crippen LogP contribution in [-0.2, 0) is 4.74 Å². The summed E-state index contributed by atoms with van der Waals surface area (Å²) in [6.07, 6.45) is -2.71. The van der Waals surface area contributed by atoms with Crippen LogP contribution in [0.5, 0.6) is 0 Å². The van der Waals surface area contributed by atoms with Gasteiger partial charge in [-0.2, -0.15) is 0 Å². The number of hydrogen-bond acceptors (Lipinski definition) is 6. The van der Waals surface area contributed by atoms with Crippen LogP contribution in [0, 0.1) is 0 Å². The monoisotopic (exact) mass is 221 g/mol. The molecule has 1 aliphatic rings. The predicted octanol–water partition coefficient (Wildman–Crippen LogP) is -2.21. The average Bonchev–Trinajstić information content (AvgIpc) is 2.44. The molecule has 0 saturated carbocycles. The standard InChI is InChI=1S/C9H19NO5/c1-2-3-10-5-9(14)8(13)7(12)6(4-11)15-9/h6-8,10-14H,2-5H2,1H3/t6-,7-,8+,9-/m1/s1. The maximum Gasteiger partial charge on any atom is 0.208 e. The van der Waals surface area contributed by atoms with Crippen molar-refractivity contribution in [2.75, 3.05) is 19.7 Å². The first kappa shape index (κ1) is 12.8. The van der Waals surface area contributed by atoms with E-state index in [1.54, 1.807) is 0 Å². The highest BCUT2D eigenvalue weighted by molar-refractivity contribution is 4.96. The molecule has 0 unspecified atom stereocenters. The van der Waals surface area contributed by atoms with E-state index in [2.05, 4.69) is 5.32 Å². The van der Waals surface area contributed by atoms with Crippen molar-refractivity contribution < 1.29 is 25.2 Å². The molecule has 6 nitrogen and oxygen atoms in total. The van der Waals surface area contributed by atoms with Crippen LogP contribution in [-0.4, -0.2) is 64.2 Å². The van der Waals surface area contributed by atoms with Crippen molar-refractivity contribution in [3.05, 3.63) is 0 Å². The molecule has 1 aliphatic heterocycles. The second-order valence-electron chi connectivity index (χ2n) is 3.80. The van der Waals surface area contributed by atoms with E-state index >= 15 is 0 Å². The normalized spacial score (nSPS) is 41.0. The molecular weight excluding hydrogens is 202 g/mol. The van der Waals surface area contributed by atoms with Crippen LogP contribution in [0.2, 0.25) is 0 Å². The molecule has 0 aromatic heterocycles. The lowest BCUT2D eigenvalue weighted by atomic mass is 10.1. The minimum Gasteiger partial charge on any atom is -0.394 e. The molecule has 5 N–H and O–H groups in total. The second kappa shape index (κ2) is 5.20. The molecule has 1 saturated heterocycles. The van der Waals surface area contributed by atoms with E-state index in [1.807, 2.05) is 6.92 Å². The van der Waals surface area contributed by atoms with E-state index < -0.39 is 30.7 Å². The highest BCUT2D eigenvalue weighted by atomic mass is 16.7. The third-order valence-electron chi connectivity index (χ3n) is 2.51. The highest BCUT2D eigenvalue weighted by Crippen LogP contribution is 2.28. The average molecular weight is 221 g/mol. The molecule has 0 amide bonds. The van der Waals surface area contributed by atoms with Gasteiger partial charge in [0.2, 0.25) is 5.79 Å². The lowest BCUT2D eigenvalue weighted by Crippen LogP contribution is -2.50. The van der Waals surface area contributed by atoms with Crippen LogP contribution < -0.4 is 5.32 Å². The first-order valence-electron chi connectivity index (χ1n) is 5.13. The fraction of sp³-hybridized carbons (Fsp3) is 1.00. The number of ether oxygens (including phenoxy) is 1. The molecule has 4 atom stereocenters. The van der Waals surface area contributed by atoms with Crippen molar-refractivity contribution in [3.8, 4) is 0 Å². The number of aliphatic hydroxyl groups is 4. The van der Waals surface area contributed by atoms with Crippen molar-refractivity contribution in [2.24, 2.45) is 0 Å². The minimum absolute atomic E-state index is 0.0234. The molecule has 1 rings (SSSR count). The Bertz CT molecular complexity index is 203. The Morgan fingerprint density at radius 2 is 2.07 bits per heavy atom. The summed E-state index contributed by atoms with van der Waals surface area (Å²) in [4.78, 5) is 0. The summed E-state index contributed by atoms with van der Waals surface area (Å²) < 4.78 is 5.01. The number of aliphatic hydroxyl groups excluding tert-OH is 3. The van der Waals surface area contributed by atoms with Gasteiger partial charge in [0.15, 0.2) is 0 Å². The van der Waals surface area contributed by atoms with Crippen LogP contribution in [0.1, 0.15) is 13.3 Å². The highest BCUT2D eigenvalue weighted by Gasteiger charge is 2.52. The number of hydrogen-bond donors (Lipinski definition) is 5. The van der Waals surface area contributed by atoms with Crippen molar-refractivity contribution in [1.29, 1.82) is 0 Å². The summed E-state index contributed by atoms with van der Waals surface area (Å²) >= 11 is 0. The van der Waals surface area contributed by atoms with Crippen molar-refractivity contribution in [2.45, 2.75) is 37.4 Å². The summed E-state index contributed by atoms with van der Waals surface area (Å²) in [7, 11) is 0. The predicted molar refractivity (Wildman–Crippen MR) is 52.1 cm³/mol. The van der Waals surface area contributed by atoms with Crippen LogP contribution in [0.15, 0.2) is 0 Å². The molecule has 6 heteroatoms. The second-order valence-corrected chi connectivity index (χ2v) is 3.80. The van der Waals surface area contributed by atoms with E-state index in [1.165, 1.54) is 0 Å². The molecule has 0 aromatic rings. The van der Waals surface area contributed by atoms with E-state index in [-0.39, 0.29) is 6.54 Å². The van der Waals surface area contributed by atoms with E-state index in [0.717, 1.165) is 6.42 Å². The zero-order chi connectivity index (χ0) is 11.5. The summed E-state index contributed by atoms with van der Waals surface area (Å²) in [5.74, 6) is -1.82. The zero-order valence-electron chi connectivity index (χ0n) is 8.76. The van der Waals surface area contributed by atoms with E-state index in [0.29, 0.717) is 6.54 Å². The maximum absolute atomic E-state index is 9.85. The SMILES string of the molecule is CCCNC[C@@]1(O)O[C@H](CO)[C@@H](O)[C@@H]1O. The Morgan fingerprint density at radius 3 is 2.53 bits per heavy atom. The first-order valence-corrected chi connectivity index (χ1v) is 5.13. The van der Waals surface area contributed by atoms with E-state index in [9.17, 15) is 15.3 Å². The lowest BCUT2D eigenvalue weighted by molar-refractivity contribution is -0.226. The fourth-order valence-electron chi connectivity index (χ4n) is 1.61. The van der Waals surface area contributed by atoms with Crippen molar-refractivity contribution in [1.82, 2.24) is 5.32 Å². The van der Waals surface area contributed by atoms with Gasteiger partial charge in [-0.25, -0.2) is 0 Å². The van der Waals surface area contributed by atoms with Crippen LogP contribution in [0.3, 0.4) is 0 Å². The van der Waals surface area contributed by atoms with Gasteiger partial charge in [-0.1, -0.05) is 6.92 Å². The zero-order valence-corrected chi connectivity index (χ0v) is 8.76. The quantitative estimate of drug-likeness (QED) is 0.337. The molecule has 0 aromatic carbocycles. The molecule has 1 fully saturated rings. The van der Waals surface area contributed by atoms with Gasteiger partial charge < -0.3 is 30.5 Å². The summed E-state index contributed by atoms with van der Waals surface area (Å²) in [6, 6.07) is 0. The topological polar surface area (TPSA) is 102 Å². The smallest absolute Gasteiger partial charge is 0.208 e. The Morgan fingerprint density at radius 1 is 1.40 bits per heavy atom. The third kappa shape index (κ3) is 2.66. The van der Waals surface area contributed by atoms with Crippen molar-refractivity contribution >= 4 is 0 Å². The number of rotatable bonds is 5. The molecule has 0 aliphatic carbocycles. The molecule has 1 heterocycles. The molecule has 0 radical (unpaired) electrons.